The molecule has 0 N–H and O–H groups in total. The van der Waals surface area contributed by atoms with Gasteiger partial charge in [-0.3, -0.25) is 4.79 Å². The number of carbonyl (C=O) groups is 1. The van der Waals surface area contributed by atoms with E-state index in [-0.39, 0.29) is 11.3 Å². The molecule has 0 radical (unpaired) electrons. The summed E-state index contributed by atoms with van der Waals surface area (Å²) in [5.41, 5.74) is 7.63. The summed E-state index contributed by atoms with van der Waals surface area (Å²) in [4.78, 5) is 13.7. The SMILES string of the molecule is O=C1c2cc3cc4ccc3cc2CCC1C12CCC(C1)C1=C2CCC4C1. The standard InChI is InChI=1S/C25H24O/c26-24-21-12-19-10-14-1-2-15(19)9-17(21)4-6-23(24)25-8-7-18(13-25)20-11-16(14)3-5-22(20)25/h1-2,9-10,12,16,18,23H,3-8,11,13H2. The molecule has 1 spiro atoms. The Kier molecular flexibility index (Phi) is 2.46. The monoisotopic (exact) mass is 340 g/mol. The molecule has 26 heavy (non-hydrogen) atoms. The van der Waals surface area contributed by atoms with Crippen molar-refractivity contribution in [2.75, 3.05) is 0 Å². The van der Waals surface area contributed by atoms with Gasteiger partial charge in [0.25, 0.3) is 0 Å². The first-order valence-corrected chi connectivity index (χ1v) is 10.6. The Hall–Kier alpha value is -1.89. The largest absolute Gasteiger partial charge is 0.294 e. The van der Waals surface area contributed by atoms with Crippen LogP contribution in [0, 0.1) is 17.3 Å². The summed E-state index contributed by atoms with van der Waals surface area (Å²) in [6.45, 7) is 0. The van der Waals surface area contributed by atoms with E-state index in [1.54, 1.807) is 11.1 Å². The zero-order valence-electron chi connectivity index (χ0n) is 15.2. The van der Waals surface area contributed by atoms with Gasteiger partial charge < -0.3 is 0 Å². The maximum absolute atomic E-state index is 13.7. The van der Waals surface area contributed by atoms with Crippen LogP contribution in [0.3, 0.4) is 0 Å². The summed E-state index contributed by atoms with van der Waals surface area (Å²) >= 11 is 0. The smallest absolute Gasteiger partial charge is 0.167 e. The number of carbonyl (C=O) groups excluding carboxylic acids is 1. The zero-order valence-corrected chi connectivity index (χ0v) is 15.2. The number of rotatable bonds is 0. The summed E-state index contributed by atoms with van der Waals surface area (Å²) in [5, 5.41) is 2.60. The Morgan fingerprint density at radius 1 is 0.923 bits per heavy atom. The highest BCUT2D eigenvalue weighted by Gasteiger charge is 2.57. The normalized spacial score (nSPS) is 36.5. The molecule has 1 fully saturated rings. The Balaban J connectivity index is 1.57. The minimum atomic E-state index is 0.238. The number of aryl methyl sites for hydroxylation is 1. The Morgan fingerprint density at radius 2 is 1.88 bits per heavy atom. The molecule has 6 aliphatic carbocycles. The van der Waals surface area contributed by atoms with Gasteiger partial charge in [-0.25, -0.2) is 0 Å². The number of Topliss-reactive ketones (excluding diaryl/α,β-unsaturated/α-hetero) is 1. The van der Waals surface area contributed by atoms with Crippen molar-refractivity contribution in [3.63, 3.8) is 0 Å². The quantitative estimate of drug-likeness (QED) is 0.541. The van der Waals surface area contributed by atoms with Crippen LogP contribution in [0.4, 0.5) is 0 Å². The van der Waals surface area contributed by atoms with Gasteiger partial charge in [0.15, 0.2) is 5.78 Å². The molecule has 0 saturated heterocycles. The van der Waals surface area contributed by atoms with Crippen LogP contribution in [0.5, 0.6) is 0 Å². The molecule has 8 rings (SSSR count). The fourth-order valence-corrected chi connectivity index (χ4v) is 7.61. The van der Waals surface area contributed by atoms with Crippen molar-refractivity contribution in [2.24, 2.45) is 17.3 Å². The van der Waals surface area contributed by atoms with Crippen molar-refractivity contribution < 1.29 is 4.79 Å². The number of hydrogen-bond acceptors (Lipinski definition) is 1. The molecule has 2 aromatic rings. The second-order valence-electron chi connectivity index (χ2n) is 9.61. The van der Waals surface area contributed by atoms with Gasteiger partial charge in [-0.2, -0.15) is 0 Å². The molecule has 1 heteroatoms. The predicted molar refractivity (Wildman–Crippen MR) is 103 cm³/mol. The van der Waals surface area contributed by atoms with Crippen LogP contribution in [0.25, 0.3) is 10.8 Å². The molecule has 9 bridgehead atoms. The number of hydrogen-bond donors (Lipinski definition) is 0. The summed E-state index contributed by atoms with van der Waals surface area (Å²) in [7, 11) is 0. The molecular formula is C25H24O. The molecule has 4 atom stereocenters. The number of benzene rings is 2. The lowest BCUT2D eigenvalue weighted by Gasteiger charge is -2.43. The summed E-state index contributed by atoms with van der Waals surface area (Å²) in [5.74, 6) is 2.20. The van der Waals surface area contributed by atoms with Crippen LogP contribution < -0.4 is 0 Å². The van der Waals surface area contributed by atoms with Gasteiger partial charge >= 0.3 is 0 Å². The number of allylic oxidation sites excluding steroid dienone is 2. The van der Waals surface area contributed by atoms with Crippen molar-refractivity contribution in [2.45, 2.75) is 57.3 Å². The van der Waals surface area contributed by atoms with E-state index in [0.717, 1.165) is 24.3 Å². The molecule has 2 aromatic carbocycles. The highest BCUT2D eigenvalue weighted by Crippen LogP contribution is 2.67. The van der Waals surface area contributed by atoms with Crippen molar-refractivity contribution in [3.05, 3.63) is 58.2 Å². The topological polar surface area (TPSA) is 17.1 Å². The van der Waals surface area contributed by atoms with Crippen molar-refractivity contribution in [1.29, 1.82) is 0 Å². The summed E-state index contributed by atoms with van der Waals surface area (Å²) < 4.78 is 0. The number of ketones is 1. The van der Waals surface area contributed by atoms with E-state index in [1.165, 1.54) is 60.4 Å². The first-order chi connectivity index (χ1) is 12.7. The van der Waals surface area contributed by atoms with E-state index in [1.807, 2.05) is 0 Å². The molecule has 130 valence electrons. The van der Waals surface area contributed by atoms with Crippen molar-refractivity contribution in [3.8, 4) is 0 Å². The summed E-state index contributed by atoms with van der Waals surface area (Å²) in [6, 6.07) is 11.6. The average molecular weight is 340 g/mol. The highest BCUT2D eigenvalue weighted by atomic mass is 16.1. The van der Waals surface area contributed by atoms with Gasteiger partial charge in [0.05, 0.1) is 0 Å². The van der Waals surface area contributed by atoms with Crippen molar-refractivity contribution >= 4 is 16.6 Å². The van der Waals surface area contributed by atoms with Crippen LogP contribution in [0.1, 0.15) is 72.3 Å². The zero-order chi connectivity index (χ0) is 17.0. The molecule has 1 saturated carbocycles. The van der Waals surface area contributed by atoms with Gasteiger partial charge in [0, 0.05) is 16.9 Å². The molecule has 0 aromatic heterocycles. The van der Waals surface area contributed by atoms with Gasteiger partial charge in [-0.15, -0.1) is 0 Å². The minimum Gasteiger partial charge on any atom is -0.294 e. The third-order valence-corrected chi connectivity index (χ3v) is 8.75. The molecule has 0 heterocycles. The van der Waals surface area contributed by atoms with Crippen molar-refractivity contribution in [1.82, 2.24) is 0 Å². The van der Waals surface area contributed by atoms with E-state index in [0.29, 0.717) is 11.7 Å². The average Bonchev–Trinajstić information content (AvgIpc) is 3.24. The van der Waals surface area contributed by atoms with Gasteiger partial charge in [-0.1, -0.05) is 35.4 Å². The van der Waals surface area contributed by atoms with E-state index in [2.05, 4.69) is 30.3 Å². The third-order valence-electron chi connectivity index (χ3n) is 8.75. The van der Waals surface area contributed by atoms with Crippen LogP contribution in [-0.2, 0) is 6.42 Å². The van der Waals surface area contributed by atoms with Gasteiger partial charge in [0.2, 0.25) is 0 Å². The molecular weight excluding hydrogens is 316 g/mol. The molecule has 1 nitrogen and oxygen atoms in total. The maximum atomic E-state index is 13.7. The van der Waals surface area contributed by atoms with E-state index in [4.69, 9.17) is 0 Å². The van der Waals surface area contributed by atoms with E-state index >= 15 is 0 Å². The highest BCUT2D eigenvalue weighted by molar-refractivity contribution is 6.04. The van der Waals surface area contributed by atoms with Crippen LogP contribution in [-0.4, -0.2) is 5.78 Å². The van der Waals surface area contributed by atoms with Crippen LogP contribution in [0.15, 0.2) is 41.5 Å². The molecule has 4 unspecified atom stereocenters. The summed E-state index contributed by atoms with van der Waals surface area (Å²) in [6.07, 6.45) is 9.85. The van der Waals surface area contributed by atoms with Crippen LogP contribution >= 0.6 is 0 Å². The lowest BCUT2D eigenvalue weighted by molar-refractivity contribution is 0.0768. The molecule has 6 aliphatic rings. The van der Waals surface area contributed by atoms with E-state index in [9.17, 15) is 4.79 Å². The minimum absolute atomic E-state index is 0.238. The third kappa shape index (κ3) is 1.54. The fraction of sp³-hybridized carbons (Fsp3) is 0.480. The fourth-order valence-electron chi connectivity index (χ4n) is 7.61. The first kappa shape index (κ1) is 14.2. The first-order valence-electron chi connectivity index (χ1n) is 10.6. The molecule has 0 amide bonds. The second-order valence-corrected chi connectivity index (χ2v) is 9.61. The Bertz CT molecular complexity index is 1040. The predicted octanol–water partition coefficient (Wildman–Crippen LogP) is 5.96. The second kappa shape index (κ2) is 4.50. The Morgan fingerprint density at radius 3 is 2.85 bits per heavy atom. The van der Waals surface area contributed by atoms with Crippen LogP contribution in [0.2, 0.25) is 0 Å². The lowest BCUT2D eigenvalue weighted by atomic mass is 9.60. The van der Waals surface area contributed by atoms with Gasteiger partial charge in [0.1, 0.15) is 0 Å². The van der Waals surface area contributed by atoms with Gasteiger partial charge in [-0.05, 0) is 91.2 Å². The maximum Gasteiger partial charge on any atom is 0.167 e. The molecule has 0 aliphatic heterocycles. The lowest BCUT2D eigenvalue weighted by Crippen LogP contribution is -2.38. The Labute approximate surface area is 154 Å². The van der Waals surface area contributed by atoms with E-state index < -0.39 is 0 Å². The number of fused-ring (bicyclic) bond motifs is 2.